The molecule has 0 aliphatic heterocycles. The van der Waals surface area contributed by atoms with Crippen LogP contribution in [0.2, 0.25) is 0 Å². The Morgan fingerprint density at radius 2 is 1.48 bits per heavy atom. The Labute approximate surface area is 181 Å². The van der Waals surface area contributed by atoms with Crippen LogP contribution in [0.1, 0.15) is 28.5 Å². The van der Waals surface area contributed by atoms with Gasteiger partial charge in [-0.15, -0.1) is 5.10 Å². The summed E-state index contributed by atoms with van der Waals surface area (Å²) in [6.45, 7) is 6.22. The maximum Gasteiger partial charge on any atom is 0.361 e. The SMILES string of the molecule is CCOC(=O)c1n[nH]nc1-c1ccc(N(c2cccc(C)c2)c2cccc(C)c2)cc1. The van der Waals surface area contributed by atoms with Gasteiger partial charge in [0.05, 0.1) is 6.61 Å². The Kier molecular flexibility index (Phi) is 5.80. The zero-order valence-electron chi connectivity index (χ0n) is 17.8. The van der Waals surface area contributed by atoms with Gasteiger partial charge in [0.1, 0.15) is 5.69 Å². The Morgan fingerprint density at radius 3 is 2.03 bits per heavy atom. The Hall–Kier alpha value is -3.93. The van der Waals surface area contributed by atoms with Gasteiger partial charge in [-0.25, -0.2) is 4.79 Å². The molecule has 3 aromatic carbocycles. The van der Waals surface area contributed by atoms with Crippen molar-refractivity contribution in [1.29, 1.82) is 0 Å². The fraction of sp³-hybridized carbons (Fsp3) is 0.160. The number of hydrogen-bond acceptors (Lipinski definition) is 5. The lowest BCUT2D eigenvalue weighted by Crippen LogP contribution is -2.10. The molecule has 0 aliphatic carbocycles. The van der Waals surface area contributed by atoms with Crippen molar-refractivity contribution in [2.24, 2.45) is 0 Å². The quantitative estimate of drug-likeness (QED) is 0.409. The number of esters is 1. The largest absolute Gasteiger partial charge is 0.461 e. The molecule has 0 amide bonds. The number of hydrogen-bond donors (Lipinski definition) is 1. The van der Waals surface area contributed by atoms with Crippen LogP contribution in [0, 0.1) is 13.8 Å². The van der Waals surface area contributed by atoms with E-state index in [2.05, 4.69) is 82.7 Å². The van der Waals surface area contributed by atoms with Crippen LogP contribution in [-0.4, -0.2) is 28.0 Å². The Bertz CT molecular complexity index is 1150. The van der Waals surface area contributed by atoms with Crippen LogP contribution in [0.3, 0.4) is 0 Å². The zero-order chi connectivity index (χ0) is 21.8. The lowest BCUT2D eigenvalue weighted by Gasteiger charge is -2.26. The van der Waals surface area contributed by atoms with Gasteiger partial charge in [-0.3, -0.25) is 0 Å². The average Bonchev–Trinajstić information content (AvgIpc) is 3.25. The van der Waals surface area contributed by atoms with Gasteiger partial charge in [-0.2, -0.15) is 10.3 Å². The van der Waals surface area contributed by atoms with Crippen LogP contribution < -0.4 is 4.90 Å². The summed E-state index contributed by atoms with van der Waals surface area (Å²) >= 11 is 0. The van der Waals surface area contributed by atoms with Gasteiger partial charge in [-0.05, 0) is 68.3 Å². The van der Waals surface area contributed by atoms with Crippen LogP contribution in [0.4, 0.5) is 17.1 Å². The number of nitrogens with zero attached hydrogens (tertiary/aromatic N) is 3. The topological polar surface area (TPSA) is 71.1 Å². The fourth-order valence-corrected chi connectivity index (χ4v) is 3.52. The van der Waals surface area contributed by atoms with Crippen LogP contribution in [0.15, 0.2) is 72.8 Å². The molecule has 1 N–H and O–H groups in total. The molecule has 6 nitrogen and oxygen atoms in total. The molecule has 0 saturated carbocycles. The maximum atomic E-state index is 12.2. The van der Waals surface area contributed by atoms with Crippen molar-refractivity contribution in [1.82, 2.24) is 15.4 Å². The molecule has 31 heavy (non-hydrogen) atoms. The van der Waals surface area contributed by atoms with E-state index >= 15 is 0 Å². The predicted molar refractivity (Wildman–Crippen MR) is 122 cm³/mol. The summed E-state index contributed by atoms with van der Waals surface area (Å²) in [5.74, 6) is -0.489. The third-order valence-electron chi connectivity index (χ3n) is 4.94. The van der Waals surface area contributed by atoms with E-state index in [0.29, 0.717) is 5.69 Å². The lowest BCUT2D eigenvalue weighted by atomic mass is 10.1. The molecule has 0 bridgehead atoms. The van der Waals surface area contributed by atoms with Crippen LogP contribution in [0.25, 0.3) is 11.3 Å². The summed E-state index contributed by atoms with van der Waals surface area (Å²) in [4.78, 5) is 14.4. The molecule has 0 saturated heterocycles. The van der Waals surface area contributed by atoms with Crippen molar-refractivity contribution in [2.75, 3.05) is 11.5 Å². The van der Waals surface area contributed by atoms with Crippen molar-refractivity contribution in [3.8, 4) is 11.3 Å². The molecule has 6 heteroatoms. The second kappa shape index (κ2) is 8.83. The number of aryl methyl sites for hydroxylation is 2. The van der Waals surface area contributed by atoms with Gasteiger partial charge in [-0.1, -0.05) is 36.4 Å². The molecular formula is C25H24N4O2. The van der Waals surface area contributed by atoms with E-state index in [1.54, 1.807) is 6.92 Å². The highest BCUT2D eigenvalue weighted by Gasteiger charge is 2.20. The van der Waals surface area contributed by atoms with Crippen molar-refractivity contribution in [3.05, 3.63) is 89.6 Å². The third kappa shape index (κ3) is 4.33. The van der Waals surface area contributed by atoms with Gasteiger partial charge >= 0.3 is 5.97 Å². The second-order valence-corrected chi connectivity index (χ2v) is 7.30. The van der Waals surface area contributed by atoms with Gasteiger partial charge in [0.25, 0.3) is 0 Å². The van der Waals surface area contributed by atoms with E-state index in [1.807, 2.05) is 24.3 Å². The van der Waals surface area contributed by atoms with Crippen molar-refractivity contribution in [3.63, 3.8) is 0 Å². The standard InChI is InChI=1S/C25H24N4O2/c1-4-31-25(30)24-23(26-28-27-24)19-11-13-20(14-12-19)29(21-9-5-7-17(2)15-21)22-10-6-8-18(3)16-22/h5-16H,4H2,1-3H3,(H,26,27,28). The maximum absolute atomic E-state index is 12.2. The molecule has 1 heterocycles. The van der Waals surface area contributed by atoms with Crippen molar-refractivity contribution < 1.29 is 9.53 Å². The number of anilines is 3. The number of ether oxygens (including phenoxy) is 1. The highest BCUT2D eigenvalue weighted by molar-refractivity contribution is 5.94. The number of rotatable bonds is 6. The summed E-state index contributed by atoms with van der Waals surface area (Å²) < 4.78 is 5.08. The molecule has 0 unspecified atom stereocenters. The van der Waals surface area contributed by atoms with Crippen LogP contribution in [0.5, 0.6) is 0 Å². The molecule has 0 atom stereocenters. The van der Waals surface area contributed by atoms with Gasteiger partial charge in [0.2, 0.25) is 0 Å². The molecular weight excluding hydrogens is 388 g/mol. The molecule has 4 aromatic rings. The number of benzene rings is 3. The van der Waals surface area contributed by atoms with E-state index in [0.717, 1.165) is 22.6 Å². The van der Waals surface area contributed by atoms with E-state index in [4.69, 9.17) is 4.74 Å². The van der Waals surface area contributed by atoms with E-state index in [9.17, 15) is 4.79 Å². The van der Waals surface area contributed by atoms with E-state index in [-0.39, 0.29) is 12.3 Å². The van der Waals surface area contributed by atoms with Crippen LogP contribution in [-0.2, 0) is 4.74 Å². The number of carbonyl (C=O) groups is 1. The number of carbonyl (C=O) groups excluding carboxylic acids is 1. The summed E-state index contributed by atoms with van der Waals surface area (Å²) in [6, 6.07) is 24.7. The number of aromatic nitrogens is 3. The van der Waals surface area contributed by atoms with Crippen LogP contribution >= 0.6 is 0 Å². The zero-order valence-corrected chi connectivity index (χ0v) is 17.8. The lowest BCUT2D eigenvalue weighted by molar-refractivity contribution is 0.0520. The average molecular weight is 412 g/mol. The van der Waals surface area contributed by atoms with E-state index < -0.39 is 5.97 Å². The van der Waals surface area contributed by atoms with E-state index in [1.165, 1.54) is 11.1 Å². The first-order chi connectivity index (χ1) is 15.1. The van der Waals surface area contributed by atoms with Gasteiger partial charge in [0.15, 0.2) is 5.69 Å². The van der Waals surface area contributed by atoms with Gasteiger partial charge < -0.3 is 9.64 Å². The summed E-state index contributed by atoms with van der Waals surface area (Å²) in [7, 11) is 0. The molecule has 0 aliphatic rings. The molecule has 4 rings (SSSR count). The molecule has 1 aromatic heterocycles. The minimum Gasteiger partial charge on any atom is -0.461 e. The third-order valence-corrected chi connectivity index (χ3v) is 4.94. The minimum absolute atomic E-state index is 0.184. The Balaban J connectivity index is 1.74. The summed E-state index contributed by atoms with van der Waals surface area (Å²) in [5, 5.41) is 10.6. The first-order valence-corrected chi connectivity index (χ1v) is 10.2. The molecule has 0 spiro atoms. The monoisotopic (exact) mass is 412 g/mol. The normalized spacial score (nSPS) is 10.7. The van der Waals surface area contributed by atoms with Crippen molar-refractivity contribution >= 4 is 23.0 Å². The number of nitrogens with one attached hydrogen (secondary N) is 1. The fourth-order valence-electron chi connectivity index (χ4n) is 3.52. The number of H-pyrrole nitrogens is 1. The Morgan fingerprint density at radius 1 is 0.871 bits per heavy atom. The summed E-state index contributed by atoms with van der Waals surface area (Å²) in [6.07, 6.45) is 0. The second-order valence-electron chi connectivity index (χ2n) is 7.30. The molecule has 156 valence electrons. The predicted octanol–water partition coefficient (Wildman–Crippen LogP) is 5.74. The first-order valence-electron chi connectivity index (χ1n) is 10.2. The smallest absolute Gasteiger partial charge is 0.361 e. The number of aromatic amines is 1. The summed E-state index contributed by atoms with van der Waals surface area (Å²) in [5.41, 5.74) is 6.97. The highest BCUT2D eigenvalue weighted by atomic mass is 16.5. The molecule has 0 radical (unpaired) electrons. The first kappa shape index (κ1) is 20.3. The minimum atomic E-state index is -0.489. The molecule has 0 fully saturated rings. The van der Waals surface area contributed by atoms with Crippen molar-refractivity contribution in [2.45, 2.75) is 20.8 Å². The highest BCUT2D eigenvalue weighted by Crippen LogP contribution is 2.36. The van der Waals surface area contributed by atoms with Gasteiger partial charge in [0, 0.05) is 22.6 Å².